The highest BCUT2D eigenvalue weighted by Gasteiger charge is 2.15. The van der Waals surface area contributed by atoms with Crippen LogP contribution in [0.25, 0.3) is 5.52 Å². The fourth-order valence-corrected chi connectivity index (χ4v) is 2.75. The number of carbonyl (C=O) groups is 1. The lowest BCUT2D eigenvalue weighted by atomic mass is 10.2. The predicted molar refractivity (Wildman–Crippen MR) is 94.4 cm³/mol. The third-order valence-electron chi connectivity index (χ3n) is 3.73. The van der Waals surface area contributed by atoms with E-state index in [1.165, 1.54) is 52.7 Å². The quantitative estimate of drug-likeness (QED) is 0.729. The number of carbonyl (C=O) groups excluding carboxylic acids is 1. The van der Waals surface area contributed by atoms with Crippen molar-refractivity contribution >= 4 is 28.7 Å². The third-order valence-corrected chi connectivity index (χ3v) is 4.02. The number of anilines is 1. The van der Waals surface area contributed by atoms with Gasteiger partial charge in [0.2, 0.25) is 11.3 Å². The van der Waals surface area contributed by atoms with Gasteiger partial charge in [-0.2, -0.15) is 0 Å². The van der Waals surface area contributed by atoms with E-state index in [0.29, 0.717) is 5.56 Å². The fourth-order valence-electron chi connectivity index (χ4n) is 2.54. The predicted octanol–water partition coefficient (Wildman–Crippen LogP) is 1.97. The van der Waals surface area contributed by atoms with E-state index in [-0.39, 0.29) is 22.8 Å². The van der Waals surface area contributed by atoms with Gasteiger partial charge in [0.25, 0.3) is 5.56 Å². The van der Waals surface area contributed by atoms with E-state index in [0.717, 1.165) is 0 Å². The molecule has 134 valence electrons. The minimum atomic E-state index is -0.861. The molecule has 3 rings (SSSR count). The zero-order valence-corrected chi connectivity index (χ0v) is 14.2. The zero-order chi connectivity index (χ0) is 19.0. The number of benzene rings is 1. The Labute approximate surface area is 150 Å². The largest absolute Gasteiger partial charge is 0.502 e. The summed E-state index contributed by atoms with van der Waals surface area (Å²) < 4.78 is 15.7. The van der Waals surface area contributed by atoms with Crippen molar-refractivity contribution in [2.24, 2.45) is 0 Å². The summed E-state index contributed by atoms with van der Waals surface area (Å²) in [5.41, 5.74) is -1.30. The molecular formula is C17H13ClFN3O4. The summed E-state index contributed by atoms with van der Waals surface area (Å²) in [5, 5.41) is 12.4. The molecule has 9 heteroatoms. The van der Waals surface area contributed by atoms with Gasteiger partial charge >= 0.3 is 0 Å². The van der Waals surface area contributed by atoms with E-state index in [2.05, 4.69) is 5.32 Å². The van der Waals surface area contributed by atoms with Gasteiger partial charge < -0.3 is 19.4 Å². The van der Waals surface area contributed by atoms with E-state index in [1.807, 2.05) is 0 Å². The lowest BCUT2D eigenvalue weighted by molar-refractivity contribution is -0.114. The summed E-state index contributed by atoms with van der Waals surface area (Å²) in [7, 11) is 0. The molecule has 0 atom stereocenters. The van der Waals surface area contributed by atoms with Crippen LogP contribution in [0.2, 0.25) is 5.02 Å². The number of rotatable bonds is 3. The van der Waals surface area contributed by atoms with Crippen molar-refractivity contribution in [1.82, 2.24) is 8.97 Å². The lowest BCUT2D eigenvalue weighted by Crippen LogP contribution is -2.25. The van der Waals surface area contributed by atoms with Crippen LogP contribution in [0.3, 0.4) is 0 Å². The van der Waals surface area contributed by atoms with Gasteiger partial charge in [0.15, 0.2) is 11.3 Å². The molecule has 2 N–H and O–H groups in total. The molecule has 0 saturated carbocycles. The van der Waals surface area contributed by atoms with Crippen molar-refractivity contribution in [3.63, 3.8) is 0 Å². The first kappa shape index (κ1) is 17.7. The van der Waals surface area contributed by atoms with Gasteiger partial charge in [-0.05, 0) is 17.7 Å². The van der Waals surface area contributed by atoms with Crippen LogP contribution < -0.4 is 16.3 Å². The fraction of sp³-hybridized carbons (Fsp3) is 0.118. The maximum atomic E-state index is 13.2. The van der Waals surface area contributed by atoms with Crippen LogP contribution >= 0.6 is 11.6 Å². The number of nitrogens with one attached hydrogen (secondary N) is 1. The first-order valence-corrected chi connectivity index (χ1v) is 7.84. The van der Waals surface area contributed by atoms with E-state index in [1.54, 1.807) is 0 Å². The van der Waals surface area contributed by atoms with Crippen LogP contribution in [-0.4, -0.2) is 20.0 Å². The van der Waals surface area contributed by atoms with Crippen LogP contribution in [0.4, 0.5) is 10.1 Å². The average Bonchev–Trinajstić information content (AvgIpc) is 2.57. The van der Waals surface area contributed by atoms with E-state index in [4.69, 9.17) is 11.6 Å². The molecule has 2 aromatic heterocycles. The van der Waals surface area contributed by atoms with Gasteiger partial charge in [-0.15, -0.1) is 0 Å². The Morgan fingerprint density at radius 1 is 1.31 bits per heavy atom. The van der Waals surface area contributed by atoms with Crippen molar-refractivity contribution in [3.8, 4) is 5.75 Å². The second-order valence-electron chi connectivity index (χ2n) is 5.64. The molecule has 0 aliphatic carbocycles. The SMILES string of the molecule is CC(=O)Nc1cn2ccn(Cc3ccc(F)c(Cl)c3)c(=O)c2c(O)c1=O. The molecule has 2 heterocycles. The summed E-state index contributed by atoms with van der Waals surface area (Å²) in [6, 6.07) is 4.05. The molecule has 0 radical (unpaired) electrons. The number of halogens is 2. The zero-order valence-electron chi connectivity index (χ0n) is 13.5. The minimum absolute atomic E-state index is 0.0659. The van der Waals surface area contributed by atoms with Crippen molar-refractivity contribution in [3.05, 3.63) is 73.8 Å². The Kier molecular flexibility index (Phi) is 4.52. The number of aromatic nitrogens is 2. The Bertz CT molecular complexity index is 1150. The number of amides is 1. The molecular weight excluding hydrogens is 365 g/mol. The molecule has 26 heavy (non-hydrogen) atoms. The van der Waals surface area contributed by atoms with Crippen LogP contribution in [-0.2, 0) is 11.3 Å². The van der Waals surface area contributed by atoms with Gasteiger partial charge in [-0.25, -0.2) is 4.39 Å². The Hall–Kier alpha value is -3.13. The second kappa shape index (κ2) is 6.64. The van der Waals surface area contributed by atoms with Crippen molar-refractivity contribution < 1.29 is 14.3 Å². The van der Waals surface area contributed by atoms with Crippen molar-refractivity contribution in [1.29, 1.82) is 0 Å². The Morgan fingerprint density at radius 2 is 2.04 bits per heavy atom. The van der Waals surface area contributed by atoms with Crippen LogP contribution in [0.1, 0.15) is 12.5 Å². The van der Waals surface area contributed by atoms with Gasteiger partial charge in [-0.1, -0.05) is 17.7 Å². The summed E-state index contributed by atoms with van der Waals surface area (Å²) in [6.45, 7) is 1.29. The lowest BCUT2D eigenvalue weighted by Gasteiger charge is -2.11. The molecule has 1 aromatic carbocycles. The molecule has 1 amide bonds. The number of nitrogens with zero attached hydrogens (tertiary/aromatic N) is 2. The molecule has 0 bridgehead atoms. The Morgan fingerprint density at radius 3 is 2.69 bits per heavy atom. The molecule has 0 saturated heterocycles. The minimum Gasteiger partial charge on any atom is -0.502 e. The summed E-state index contributed by atoms with van der Waals surface area (Å²) in [4.78, 5) is 35.9. The number of hydrogen-bond acceptors (Lipinski definition) is 4. The van der Waals surface area contributed by atoms with Crippen LogP contribution in [0, 0.1) is 5.82 Å². The number of aromatic hydroxyl groups is 1. The smallest absolute Gasteiger partial charge is 0.279 e. The first-order chi connectivity index (χ1) is 12.3. The molecule has 0 fully saturated rings. The number of hydrogen-bond donors (Lipinski definition) is 2. The van der Waals surface area contributed by atoms with Gasteiger partial charge in [0.05, 0.1) is 11.6 Å². The molecule has 0 aliphatic heterocycles. The highest BCUT2D eigenvalue weighted by molar-refractivity contribution is 6.30. The maximum absolute atomic E-state index is 13.2. The van der Waals surface area contributed by atoms with Crippen LogP contribution in [0.5, 0.6) is 5.75 Å². The maximum Gasteiger partial charge on any atom is 0.279 e. The molecule has 0 unspecified atom stereocenters. The number of pyridine rings is 1. The highest BCUT2D eigenvalue weighted by Crippen LogP contribution is 2.17. The molecule has 3 aromatic rings. The van der Waals surface area contributed by atoms with Gasteiger partial charge in [0, 0.05) is 25.5 Å². The standard InChI is InChI=1S/C17H13ClFN3O4/c1-9(23)20-13-8-21-4-5-22(17(26)14(21)16(25)15(13)24)7-10-2-3-12(19)11(18)6-10/h2-6,8,25H,7H2,1H3,(H,20,23). The molecule has 0 spiro atoms. The monoisotopic (exact) mass is 377 g/mol. The topological polar surface area (TPSA) is 92.8 Å². The summed E-state index contributed by atoms with van der Waals surface area (Å²) in [5.74, 6) is -1.83. The van der Waals surface area contributed by atoms with E-state index in [9.17, 15) is 23.9 Å². The van der Waals surface area contributed by atoms with Gasteiger partial charge in [-0.3, -0.25) is 14.4 Å². The highest BCUT2D eigenvalue weighted by atomic mass is 35.5. The van der Waals surface area contributed by atoms with E-state index < -0.39 is 28.5 Å². The number of fused-ring (bicyclic) bond motifs is 1. The third kappa shape index (κ3) is 3.18. The van der Waals surface area contributed by atoms with Crippen LogP contribution in [0.15, 0.2) is 46.4 Å². The summed E-state index contributed by atoms with van der Waals surface area (Å²) in [6.07, 6.45) is 4.14. The van der Waals surface area contributed by atoms with E-state index >= 15 is 0 Å². The average molecular weight is 378 g/mol. The van der Waals surface area contributed by atoms with Gasteiger partial charge in [0.1, 0.15) is 11.5 Å². The molecule has 0 aliphatic rings. The second-order valence-corrected chi connectivity index (χ2v) is 6.04. The van der Waals surface area contributed by atoms with Crippen molar-refractivity contribution in [2.45, 2.75) is 13.5 Å². The normalized spacial score (nSPS) is 10.9. The van der Waals surface area contributed by atoms with Crippen molar-refractivity contribution in [2.75, 3.05) is 5.32 Å². The summed E-state index contributed by atoms with van der Waals surface area (Å²) >= 11 is 5.74. The first-order valence-electron chi connectivity index (χ1n) is 7.47. The molecule has 7 nitrogen and oxygen atoms in total. The Balaban J connectivity index is 2.12.